The van der Waals surface area contributed by atoms with E-state index in [4.69, 9.17) is 9.15 Å². The molecule has 0 amide bonds. The molecule has 1 aliphatic heterocycles. The molecule has 1 atom stereocenters. The van der Waals surface area contributed by atoms with E-state index in [0.29, 0.717) is 5.92 Å². The van der Waals surface area contributed by atoms with Crippen molar-refractivity contribution in [2.24, 2.45) is 0 Å². The van der Waals surface area contributed by atoms with Gasteiger partial charge in [0.2, 0.25) is 0 Å². The zero-order valence-electron chi connectivity index (χ0n) is 15.9. The molecule has 0 spiro atoms. The third-order valence-electron chi connectivity index (χ3n) is 4.99. The van der Waals surface area contributed by atoms with Gasteiger partial charge in [-0.3, -0.25) is 0 Å². The predicted octanol–water partition coefficient (Wildman–Crippen LogP) is 4.83. The lowest BCUT2D eigenvalue weighted by atomic mass is 9.94. The van der Waals surface area contributed by atoms with Crippen molar-refractivity contribution >= 4 is 16.9 Å². The first-order valence-electron chi connectivity index (χ1n) is 9.83. The van der Waals surface area contributed by atoms with Crippen LogP contribution in [0.25, 0.3) is 11.1 Å². The molecule has 5 nitrogen and oxygen atoms in total. The summed E-state index contributed by atoms with van der Waals surface area (Å²) >= 11 is 0. The second-order valence-electron chi connectivity index (χ2n) is 7.04. The highest BCUT2D eigenvalue weighted by Gasteiger charge is 2.22. The monoisotopic (exact) mass is 345 g/mol. The number of fused-ring (bicyclic) bond motifs is 1. The van der Waals surface area contributed by atoms with Crippen LogP contribution < -0.4 is 4.90 Å². The maximum Gasteiger partial charge on any atom is 0.195 e. The molecule has 0 N–H and O–H groups in total. The minimum absolute atomic E-state index is 0.489. The van der Waals surface area contributed by atoms with Gasteiger partial charge in [-0.25, -0.2) is 9.97 Å². The standard InChI is InChI=1S/C20H31N3O2/c1-4-6-7-9-16(8-5-2)18-14-17-19(25-18)20(22-15(3)21-17)23-10-12-24-13-11-23/h14,16H,4-13H2,1-3H3. The van der Waals surface area contributed by atoms with Crippen molar-refractivity contribution in [3.8, 4) is 0 Å². The van der Waals surface area contributed by atoms with Gasteiger partial charge in [-0.05, 0) is 19.8 Å². The first kappa shape index (κ1) is 18.2. The predicted molar refractivity (Wildman–Crippen MR) is 101 cm³/mol. The Morgan fingerprint density at radius 3 is 2.60 bits per heavy atom. The molecule has 3 rings (SSSR count). The van der Waals surface area contributed by atoms with Gasteiger partial charge in [0.15, 0.2) is 11.4 Å². The molecule has 138 valence electrons. The summed E-state index contributed by atoms with van der Waals surface area (Å²) in [6, 6.07) is 2.15. The van der Waals surface area contributed by atoms with Crippen molar-refractivity contribution < 1.29 is 9.15 Å². The number of ether oxygens (including phenoxy) is 1. The van der Waals surface area contributed by atoms with E-state index in [0.717, 1.165) is 54.8 Å². The Hall–Kier alpha value is -1.62. The van der Waals surface area contributed by atoms with E-state index in [2.05, 4.69) is 34.8 Å². The molecular weight excluding hydrogens is 314 g/mol. The first-order chi connectivity index (χ1) is 12.2. The zero-order valence-corrected chi connectivity index (χ0v) is 15.9. The Kier molecular flexibility index (Phi) is 6.29. The highest BCUT2D eigenvalue weighted by Crippen LogP contribution is 2.34. The lowest BCUT2D eigenvalue weighted by Gasteiger charge is -2.27. The first-order valence-corrected chi connectivity index (χ1v) is 9.83. The molecule has 5 heteroatoms. The molecule has 1 unspecified atom stereocenters. The van der Waals surface area contributed by atoms with Crippen molar-refractivity contribution in [3.63, 3.8) is 0 Å². The maximum atomic E-state index is 6.35. The van der Waals surface area contributed by atoms with Gasteiger partial charge < -0.3 is 14.1 Å². The van der Waals surface area contributed by atoms with Crippen LogP contribution in [0.5, 0.6) is 0 Å². The molecule has 1 fully saturated rings. The van der Waals surface area contributed by atoms with E-state index >= 15 is 0 Å². The van der Waals surface area contributed by atoms with Crippen LogP contribution in [0.15, 0.2) is 10.5 Å². The lowest BCUT2D eigenvalue weighted by Crippen LogP contribution is -2.37. The van der Waals surface area contributed by atoms with Gasteiger partial charge in [-0.15, -0.1) is 0 Å². The lowest BCUT2D eigenvalue weighted by molar-refractivity contribution is 0.122. The molecule has 0 saturated carbocycles. The number of aryl methyl sites for hydroxylation is 1. The van der Waals surface area contributed by atoms with Crippen LogP contribution >= 0.6 is 0 Å². The van der Waals surface area contributed by atoms with Crippen molar-refractivity contribution in [1.82, 2.24) is 9.97 Å². The van der Waals surface area contributed by atoms with Crippen molar-refractivity contribution in [1.29, 1.82) is 0 Å². The van der Waals surface area contributed by atoms with Gasteiger partial charge in [0.25, 0.3) is 0 Å². The second kappa shape index (κ2) is 8.65. The van der Waals surface area contributed by atoms with Crippen LogP contribution in [0.3, 0.4) is 0 Å². The number of hydrogen-bond acceptors (Lipinski definition) is 5. The van der Waals surface area contributed by atoms with Crippen LogP contribution in [-0.2, 0) is 4.74 Å². The van der Waals surface area contributed by atoms with Gasteiger partial charge in [0, 0.05) is 25.1 Å². The minimum atomic E-state index is 0.489. The summed E-state index contributed by atoms with van der Waals surface area (Å²) in [5.74, 6) is 3.31. The number of rotatable bonds is 8. The van der Waals surface area contributed by atoms with E-state index < -0.39 is 0 Å². The number of nitrogens with zero attached hydrogens (tertiary/aromatic N) is 3. The molecule has 2 aromatic heterocycles. The molecule has 0 radical (unpaired) electrons. The highest BCUT2D eigenvalue weighted by molar-refractivity contribution is 5.84. The Morgan fingerprint density at radius 1 is 1.08 bits per heavy atom. The molecule has 3 heterocycles. The fourth-order valence-electron chi connectivity index (χ4n) is 3.66. The summed E-state index contributed by atoms with van der Waals surface area (Å²) in [4.78, 5) is 11.6. The highest BCUT2D eigenvalue weighted by atomic mass is 16.5. The van der Waals surface area contributed by atoms with E-state index in [9.17, 15) is 0 Å². The summed E-state index contributed by atoms with van der Waals surface area (Å²) in [5, 5.41) is 0. The van der Waals surface area contributed by atoms with Crippen LogP contribution in [-0.4, -0.2) is 36.3 Å². The molecular formula is C20H31N3O2. The average molecular weight is 345 g/mol. The number of hydrogen-bond donors (Lipinski definition) is 0. The molecule has 0 aliphatic carbocycles. The van der Waals surface area contributed by atoms with Gasteiger partial charge in [0.05, 0.1) is 13.2 Å². The second-order valence-corrected chi connectivity index (χ2v) is 7.04. The van der Waals surface area contributed by atoms with Crippen LogP contribution in [0, 0.1) is 6.92 Å². The molecule has 0 bridgehead atoms. The third-order valence-corrected chi connectivity index (χ3v) is 4.99. The topological polar surface area (TPSA) is 51.4 Å². The zero-order chi connectivity index (χ0) is 17.6. The SMILES string of the molecule is CCCCCC(CCC)c1cc2nc(C)nc(N3CCOCC3)c2o1. The number of morpholine rings is 1. The summed E-state index contributed by atoms with van der Waals surface area (Å²) in [7, 11) is 0. The van der Waals surface area contributed by atoms with E-state index in [1.54, 1.807) is 0 Å². The summed E-state index contributed by atoms with van der Waals surface area (Å²) in [6.07, 6.45) is 7.35. The Bertz CT molecular complexity index is 677. The van der Waals surface area contributed by atoms with E-state index in [-0.39, 0.29) is 0 Å². The Morgan fingerprint density at radius 2 is 1.88 bits per heavy atom. The van der Waals surface area contributed by atoms with Gasteiger partial charge in [-0.2, -0.15) is 0 Å². The smallest absolute Gasteiger partial charge is 0.195 e. The number of anilines is 1. The number of unbranched alkanes of at least 4 members (excludes halogenated alkanes) is 2. The number of aromatic nitrogens is 2. The summed E-state index contributed by atoms with van der Waals surface area (Å²) in [5.41, 5.74) is 1.79. The molecule has 2 aromatic rings. The molecule has 0 aromatic carbocycles. The van der Waals surface area contributed by atoms with Crippen molar-refractivity contribution in [3.05, 3.63) is 17.7 Å². The quantitative estimate of drug-likeness (QED) is 0.641. The minimum Gasteiger partial charge on any atom is -0.455 e. The van der Waals surface area contributed by atoms with Crippen molar-refractivity contribution in [2.75, 3.05) is 31.2 Å². The largest absolute Gasteiger partial charge is 0.455 e. The third kappa shape index (κ3) is 4.32. The fraction of sp³-hybridized carbons (Fsp3) is 0.700. The van der Waals surface area contributed by atoms with Gasteiger partial charge >= 0.3 is 0 Å². The van der Waals surface area contributed by atoms with Crippen LogP contribution in [0.2, 0.25) is 0 Å². The summed E-state index contributed by atoms with van der Waals surface area (Å²) < 4.78 is 11.8. The Balaban J connectivity index is 1.91. The molecule has 1 aliphatic rings. The van der Waals surface area contributed by atoms with Crippen molar-refractivity contribution in [2.45, 2.75) is 65.2 Å². The van der Waals surface area contributed by atoms with Gasteiger partial charge in [-0.1, -0.05) is 39.5 Å². The van der Waals surface area contributed by atoms with E-state index in [1.165, 1.54) is 38.5 Å². The number of furan rings is 1. The molecule has 1 saturated heterocycles. The fourth-order valence-corrected chi connectivity index (χ4v) is 3.66. The maximum absolute atomic E-state index is 6.35. The van der Waals surface area contributed by atoms with Crippen LogP contribution in [0.4, 0.5) is 5.82 Å². The normalized spacial score (nSPS) is 16.5. The molecule has 25 heavy (non-hydrogen) atoms. The van der Waals surface area contributed by atoms with Crippen LogP contribution in [0.1, 0.15) is 69.9 Å². The van der Waals surface area contributed by atoms with Gasteiger partial charge in [0.1, 0.15) is 17.1 Å². The van der Waals surface area contributed by atoms with E-state index in [1.807, 2.05) is 6.92 Å². The summed E-state index contributed by atoms with van der Waals surface area (Å²) in [6.45, 7) is 9.66. The Labute approximate surface area is 150 Å². The average Bonchev–Trinajstić information content (AvgIpc) is 3.05.